The van der Waals surface area contributed by atoms with Crippen LogP contribution in [0.5, 0.6) is 0 Å². The Morgan fingerprint density at radius 1 is 1.62 bits per heavy atom. The zero-order valence-electron chi connectivity index (χ0n) is 6.49. The van der Waals surface area contributed by atoms with E-state index in [0.29, 0.717) is 5.76 Å². The second-order valence-corrected chi connectivity index (χ2v) is 3.05. The lowest BCUT2D eigenvalue weighted by atomic mass is 10.4. The fourth-order valence-corrected chi connectivity index (χ4v) is 1.06. The number of nitrogens with one attached hydrogen (secondary N) is 1. The zero-order chi connectivity index (χ0) is 8.97. The van der Waals surface area contributed by atoms with Gasteiger partial charge >= 0.3 is 0 Å². The Kier molecular flexibility index (Phi) is 5.76. The Bertz CT molecular complexity index is 311. The summed E-state index contributed by atoms with van der Waals surface area (Å²) in [6.45, 7) is 0. The third-order valence-corrected chi connectivity index (χ3v) is 1.72. The minimum atomic E-state index is -0.360. The van der Waals surface area contributed by atoms with Crippen molar-refractivity contribution in [1.82, 2.24) is 5.43 Å². The fraction of sp³-hybridized carbons (Fsp3) is 0. The van der Waals surface area contributed by atoms with E-state index in [1.807, 2.05) is 28.0 Å². The summed E-state index contributed by atoms with van der Waals surface area (Å²) in [5.74, 6) is 5.13. The molecule has 0 aliphatic carbocycles. The van der Waals surface area contributed by atoms with Crippen molar-refractivity contribution in [1.29, 1.82) is 0 Å². The van der Waals surface area contributed by atoms with E-state index >= 15 is 0 Å². The van der Waals surface area contributed by atoms with Crippen molar-refractivity contribution in [3.63, 3.8) is 0 Å². The normalized spacial score (nSPS) is 9.69. The van der Waals surface area contributed by atoms with Gasteiger partial charge in [-0.15, -0.1) is 12.4 Å². The van der Waals surface area contributed by atoms with Gasteiger partial charge in [-0.1, -0.05) is 0 Å². The van der Waals surface area contributed by atoms with Crippen LogP contribution in [-0.4, -0.2) is 5.91 Å². The molecule has 0 aromatic carbocycles. The Labute approximate surface area is 95.1 Å². The van der Waals surface area contributed by atoms with Gasteiger partial charge in [-0.05, 0) is 40.8 Å². The van der Waals surface area contributed by atoms with Crippen LogP contribution in [0.3, 0.4) is 0 Å². The van der Waals surface area contributed by atoms with E-state index < -0.39 is 0 Å². The molecule has 3 N–H and O–H groups in total. The highest BCUT2D eigenvalue weighted by atomic mass is 127. The lowest BCUT2D eigenvalue weighted by Crippen LogP contribution is -2.27. The number of hydrogen-bond donors (Lipinski definition) is 2. The van der Waals surface area contributed by atoms with Crippen LogP contribution in [0.15, 0.2) is 22.6 Å². The molecule has 1 amide bonds. The molecule has 1 aromatic rings. The number of rotatable bonds is 2. The van der Waals surface area contributed by atoms with Crippen LogP contribution in [0.2, 0.25) is 0 Å². The summed E-state index contributed by atoms with van der Waals surface area (Å²) in [5, 5.41) is 0. The quantitative estimate of drug-likeness (QED) is 0.284. The number of furan rings is 1. The Balaban J connectivity index is 0.00000144. The highest BCUT2D eigenvalue weighted by molar-refractivity contribution is 14.1. The van der Waals surface area contributed by atoms with Crippen molar-refractivity contribution in [2.24, 2.45) is 5.84 Å². The SMILES string of the molecule is Cl.NNC(=O)/C=C/c1ccc(I)o1. The molecule has 6 heteroatoms. The number of carbonyl (C=O) groups is 1. The molecule has 0 unspecified atom stereocenters. The van der Waals surface area contributed by atoms with Gasteiger partial charge in [-0.3, -0.25) is 10.2 Å². The average molecular weight is 315 g/mol. The van der Waals surface area contributed by atoms with Crippen LogP contribution in [0.1, 0.15) is 5.76 Å². The van der Waals surface area contributed by atoms with E-state index in [0.717, 1.165) is 3.77 Å². The first-order valence-corrected chi connectivity index (χ1v) is 4.24. The highest BCUT2D eigenvalue weighted by Crippen LogP contribution is 2.10. The summed E-state index contributed by atoms with van der Waals surface area (Å²) in [5.41, 5.74) is 1.97. The summed E-state index contributed by atoms with van der Waals surface area (Å²) < 4.78 is 5.94. The molecule has 4 nitrogen and oxygen atoms in total. The predicted octanol–water partition coefficient (Wildman–Crippen LogP) is 1.31. The molecule has 0 aliphatic heterocycles. The molecule has 1 heterocycles. The molecular formula is C7H8ClIN2O2. The number of hydrazine groups is 1. The van der Waals surface area contributed by atoms with Crippen LogP contribution in [0.4, 0.5) is 0 Å². The largest absolute Gasteiger partial charge is 0.451 e. The van der Waals surface area contributed by atoms with Crippen LogP contribution in [0, 0.1) is 3.77 Å². The first-order chi connectivity index (χ1) is 5.72. The fourth-order valence-electron chi connectivity index (χ4n) is 0.624. The van der Waals surface area contributed by atoms with Gasteiger partial charge in [0.25, 0.3) is 5.91 Å². The smallest absolute Gasteiger partial charge is 0.258 e. The molecule has 0 radical (unpaired) electrons. The van der Waals surface area contributed by atoms with Gasteiger partial charge in [0.2, 0.25) is 0 Å². The van der Waals surface area contributed by atoms with E-state index in [-0.39, 0.29) is 18.3 Å². The van der Waals surface area contributed by atoms with E-state index in [4.69, 9.17) is 10.3 Å². The zero-order valence-corrected chi connectivity index (χ0v) is 9.46. The van der Waals surface area contributed by atoms with Crippen LogP contribution < -0.4 is 11.3 Å². The van der Waals surface area contributed by atoms with Gasteiger partial charge in [0.15, 0.2) is 3.77 Å². The molecule has 0 bridgehead atoms. The van der Waals surface area contributed by atoms with Gasteiger partial charge in [0, 0.05) is 6.08 Å². The van der Waals surface area contributed by atoms with Gasteiger partial charge in [0.1, 0.15) is 5.76 Å². The second kappa shape index (κ2) is 6.01. The topological polar surface area (TPSA) is 68.3 Å². The van der Waals surface area contributed by atoms with Crippen LogP contribution in [-0.2, 0) is 4.79 Å². The second-order valence-electron chi connectivity index (χ2n) is 1.98. The van der Waals surface area contributed by atoms with Crippen LogP contribution in [0.25, 0.3) is 6.08 Å². The number of hydrogen-bond acceptors (Lipinski definition) is 3. The van der Waals surface area contributed by atoms with Crippen molar-refractivity contribution in [3.8, 4) is 0 Å². The van der Waals surface area contributed by atoms with Gasteiger partial charge < -0.3 is 4.42 Å². The Hall–Kier alpha value is -0.530. The summed E-state index contributed by atoms with van der Waals surface area (Å²) >= 11 is 2.04. The third kappa shape index (κ3) is 4.30. The average Bonchev–Trinajstić information content (AvgIpc) is 2.47. The predicted molar refractivity (Wildman–Crippen MR) is 60.0 cm³/mol. The molecule has 72 valence electrons. The number of halogens is 2. The van der Waals surface area contributed by atoms with Crippen molar-refractivity contribution in [2.45, 2.75) is 0 Å². The molecule has 1 rings (SSSR count). The van der Waals surface area contributed by atoms with Gasteiger partial charge in [-0.25, -0.2) is 5.84 Å². The standard InChI is InChI=1S/C7H7IN2O2.ClH/c8-6-3-1-5(12-6)2-4-7(11)10-9;/h1-4H,9H2,(H,10,11);1H/b4-2+;. The van der Waals surface area contributed by atoms with Crippen molar-refractivity contribution >= 4 is 47.0 Å². The summed E-state index contributed by atoms with van der Waals surface area (Å²) in [4.78, 5) is 10.6. The van der Waals surface area contributed by atoms with Crippen LogP contribution >= 0.6 is 35.0 Å². The molecule has 0 fully saturated rings. The highest BCUT2D eigenvalue weighted by Gasteiger charge is 1.94. The van der Waals surface area contributed by atoms with E-state index in [1.165, 1.54) is 6.08 Å². The minimum Gasteiger partial charge on any atom is -0.451 e. The third-order valence-electron chi connectivity index (χ3n) is 1.14. The first kappa shape index (κ1) is 12.5. The maximum Gasteiger partial charge on any atom is 0.258 e. The van der Waals surface area contributed by atoms with E-state index in [2.05, 4.69) is 0 Å². The molecule has 13 heavy (non-hydrogen) atoms. The molecule has 1 aromatic heterocycles. The Morgan fingerprint density at radius 3 is 2.77 bits per heavy atom. The van der Waals surface area contributed by atoms with Crippen molar-refractivity contribution in [2.75, 3.05) is 0 Å². The van der Waals surface area contributed by atoms with Crippen molar-refractivity contribution < 1.29 is 9.21 Å². The number of amides is 1. The molecule has 0 aliphatic rings. The first-order valence-electron chi connectivity index (χ1n) is 3.16. The maximum atomic E-state index is 10.6. The van der Waals surface area contributed by atoms with Gasteiger partial charge in [0.05, 0.1) is 0 Å². The molecule has 0 saturated carbocycles. The molecule has 0 spiro atoms. The van der Waals surface area contributed by atoms with Gasteiger partial charge in [-0.2, -0.15) is 0 Å². The molecule has 0 saturated heterocycles. The summed E-state index contributed by atoms with van der Waals surface area (Å²) in [6.07, 6.45) is 2.85. The molecule has 0 atom stereocenters. The lowest BCUT2D eigenvalue weighted by Gasteiger charge is -1.87. The summed E-state index contributed by atoms with van der Waals surface area (Å²) in [6, 6.07) is 3.57. The summed E-state index contributed by atoms with van der Waals surface area (Å²) in [7, 11) is 0. The number of nitrogens with two attached hydrogens (primary N) is 1. The molecular weight excluding hydrogens is 306 g/mol. The Morgan fingerprint density at radius 2 is 2.31 bits per heavy atom. The van der Waals surface area contributed by atoms with E-state index in [9.17, 15) is 4.79 Å². The monoisotopic (exact) mass is 314 g/mol. The minimum absolute atomic E-state index is 0. The lowest BCUT2D eigenvalue weighted by molar-refractivity contribution is -0.116. The van der Waals surface area contributed by atoms with Crippen molar-refractivity contribution in [3.05, 3.63) is 27.7 Å². The van der Waals surface area contributed by atoms with E-state index in [1.54, 1.807) is 18.2 Å². The maximum absolute atomic E-state index is 10.6. The number of carbonyl (C=O) groups excluding carboxylic acids is 1.